The van der Waals surface area contributed by atoms with Gasteiger partial charge >= 0.3 is 0 Å². The van der Waals surface area contributed by atoms with Crippen LogP contribution in [0.4, 0.5) is 0 Å². The third kappa shape index (κ3) is 3.84. The van der Waals surface area contributed by atoms with E-state index in [0.717, 1.165) is 25.2 Å². The zero-order chi connectivity index (χ0) is 12.3. The van der Waals surface area contributed by atoms with Crippen LogP contribution in [0.5, 0.6) is 0 Å². The van der Waals surface area contributed by atoms with Gasteiger partial charge in [-0.25, -0.2) is 0 Å². The molecule has 4 nitrogen and oxygen atoms in total. The van der Waals surface area contributed by atoms with E-state index in [1.54, 1.807) is 0 Å². The Bertz CT molecular complexity index is 276. The molecule has 1 amide bonds. The van der Waals surface area contributed by atoms with Gasteiger partial charge in [-0.3, -0.25) is 4.79 Å². The molecular weight excluding hydrogens is 252 g/mol. The molecule has 1 aliphatic carbocycles. The summed E-state index contributed by atoms with van der Waals surface area (Å²) in [6.07, 6.45) is 5.28. The maximum Gasteiger partial charge on any atom is 0.227 e. The lowest BCUT2D eigenvalue weighted by Gasteiger charge is -2.35. The highest BCUT2D eigenvalue weighted by molar-refractivity contribution is 5.85. The summed E-state index contributed by atoms with van der Waals surface area (Å²) in [5, 5.41) is 3.14. The van der Waals surface area contributed by atoms with Gasteiger partial charge in [-0.05, 0) is 32.1 Å². The minimum atomic E-state index is -0.379. The number of amides is 1. The van der Waals surface area contributed by atoms with Crippen molar-refractivity contribution in [1.29, 1.82) is 0 Å². The topological polar surface area (TPSA) is 64.4 Å². The monoisotopic (exact) mass is 276 g/mol. The third-order valence-corrected chi connectivity index (χ3v) is 4.08. The molecule has 2 rings (SSSR count). The Morgan fingerprint density at radius 2 is 2.06 bits per heavy atom. The second-order valence-electron chi connectivity index (χ2n) is 5.65. The average Bonchev–Trinajstić information content (AvgIpc) is 3.13. The Balaban J connectivity index is 0.00000162. The third-order valence-electron chi connectivity index (χ3n) is 4.08. The van der Waals surface area contributed by atoms with Gasteiger partial charge in [-0.15, -0.1) is 12.4 Å². The molecule has 1 unspecified atom stereocenters. The van der Waals surface area contributed by atoms with Crippen LogP contribution in [-0.4, -0.2) is 31.7 Å². The number of nitrogens with one attached hydrogen (secondary N) is 1. The number of nitrogens with two attached hydrogens (primary N) is 1. The van der Waals surface area contributed by atoms with Crippen molar-refractivity contribution >= 4 is 18.3 Å². The largest absolute Gasteiger partial charge is 0.381 e. The van der Waals surface area contributed by atoms with E-state index in [0.29, 0.717) is 19.8 Å². The second-order valence-corrected chi connectivity index (χ2v) is 5.65. The molecule has 0 aromatic heterocycles. The second kappa shape index (κ2) is 6.73. The van der Waals surface area contributed by atoms with Crippen LogP contribution in [0.1, 0.15) is 39.0 Å². The maximum absolute atomic E-state index is 12.3. The zero-order valence-electron chi connectivity index (χ0n) is 11.1. The highest BCUT2D eigenvalue weighted by Crippen LogP contribution is 2.34. The Labute approximate surface area is 115 Å². The van der Waals surface area contributed by atoms with E-state index in [2.05, 4.69) is 12.2 Å². The van der Waals surface area contributed by atoms with Crippen molar-refractivity contribution in [2.24, 2.45) is 17.1 Å². The van der Waals surface area contributed by atoms with E-state index in [-0.39, 0.29) is 29.8 Å². The summed E-state index contributed by atoms with van der Waals surface area (Å²) in [4.78, 5) is 12.3. The molecule has 2 fully saturated rings. The fraction of sp³-hybridized carbons (Fsp3) is 0.923. The molecule has 1 aliphatic heterocycles. The van der Waals surface area contributed by atoms with Crippen molar-refractivity contribution < 1.29 is 9.53 Å². The van der Waals surface area contributed by atoms with Gasteiger partial charge in [0.1, 0.15) is 0 Å². The van der Waals surface area contributed by atoms with Gasteiger partial charge in [-0.1, -0.05) is 12.8 Å². The number of hydrogen-bond acceptors (Lipinski definition) is 3. The van der Waals surface area contributed by atoms with Crippen LogP contribution in [0, 0.1) is 11.3 Å². The van der Waals surface area contributed by atoms with E-state index in [1.165, 1.54) is 12.8 Å². The van der Waals surface area contributed by atoms with Gasteiger partial charge in [0.15, 0.2) is 0 Å². The molecule has 0 aromatic carbocycles. The lowest BCUT2D eigenvalue weighted by Crippen LogP contribution is -2.51. The highest BCUT2D eigenvalue weighted by atomic mass is 35.5. The Morgan fingerprint density at radius 1 is 1.44 bits per heavy atom. The minimum absolute atomic E-state index is 0. The molecule has 1 atom stereocenters. The van der Waals surface area contributed by atoms with Crippen LogP contribution in [0.25, 0.3) is 0 Å². The lowest BCUT2D eigenvalue weighted by atomic mass is 9.79. The molecule has 0 radical (unpaired) electrons. The molecule has 0 aromatic rings. The minimum Gasteiger partial charge on any atom is -0.381 e. The van der Waals surface area contributed by atoms with Gasteiger partial charge in [0, 0.05) is 25.8 Å². The van der Waals surface area contributed by atoms with E-state index in [4.69, 9.17) is 10.5 Å². The normalized spacial score (nSPS) is 23.9. The molecule has 3 N–H and O–H groups in total. The SMILES string of the molecule is CC(CC1CC1)NC(=O)C1(CN)CCOCC1.Cl. The quantitative estimate of drug-likeness (QED) is 0.799. The number of halogens is 1. The summed E-state index contributed by atoms with van der Waals surface area (Å²) >= 11 is 0. The summed E-state index contributed by atoms with van der Waals surface area (Å²) in [6.45, 7) is 3.83. The number of carbonyl (C=O) groups excluding carboxylic acids is 1. The fourth-order valence-electron chi connectivity index (χ4n) is 2.58. The van der Waals surface area contributed by atoms with Crippen LogP contribution >= 0.6 is 12.4 Å². The maximum atomic E-state index is 12.3. The molecule has 1 heterocycles. The zero-order valence-corrected chi connectivity index (χ0v) is 11.9. The molecule has 18 heavy (non-hydrogen) atoms. The predicted molar refractivity (Wildman–Crippen MR) is 73.7 cm³/mol. The van der Waals surface area contributed by atoms with Crippen LogP contribution in [-0.2, 0) is 9.53 Å². The van der Waals surface area contributed by atoms with Crippen molar-refractivity contribution in [2.75, 3.05) is 19.8 Å². The highest BCUT2D eigenvalue weighted by Gasteiger charge is 2.39. The first-order chi connectivity index (χ1) is 8.16. The molecule has 1 saturated heterocycles. The molecule has 2 aliphatic rings. The Hall–Kier alpha value is -0.320. The summed E-state index contributed by atoms with van der Waals surface area (Å²) in [6, 6.07) is 0.279. The van der Waals surface area contributed by atoms with E-state index in [9.17, 15) is 4.79 Å². The van der Waals surface area contributed by atoms with Crippen LogP contribution in [0.15, 0.2) is 0 Å². The van der Waals surface area contributed by atoms with Crippen molar-refractivity contribution in [3.8, 4) is 0 Å². The van der Waals surface area contributed by atoms with Crippen molar-refractivity contribution in [1.82, 2.24) is 5.32 Å². The van der Waals surface area contributed by atoms with Crippen molar-refractivity contribution in [3.63, 3.8) is 0 Å². The van der Waals surface area contributed by atoms with Crippen LogP contribution in [0.2, 0.25) is 0 Å². The molecule has 5 heteroatoms. The number of rotatable bonds is 5. The first-order valence-corrected chi connectivity index (χ1v) is 6.75. The van der Waals surface area contributed by atoms with E-state index < -0.39 is 0 Å². The smallest absolute Gasteiger partial charge is 0.227 e. The average molecular weight is 277 g/mol. The Kier molecular flexibility index (Phi) is 5.89. The van der Waals surface area contributed by atoms with E-state index >= 15 is 0 Å². The van der Waals surface area contributed by atoms with Gasteiger partial charge in [-0.2, -0.15) is 0 Å². The number of carbonyl (C=O) groups is 1. The van der Waals surface area contributed by atoms with Gasteiger partial charge in [0.05, 0.1) is 5.41 Å². The van der Waals surface area contributed by atoms with Crippen LogP contribution < -0.4 is 11.1 Å². The molecule has 0 spiro atoms. The van der Waals surface area contributed by atoms with Gasteiger partial charge < -0.3 is 15.8 Å². The first kappa shape index (κ1) is 15.7. The number of hydrogen-bond donors (Lipinski definition) is 2. The van der Waals surface area contributed by atoms with Gasteiger partial charge in [0.2, 0.25) is 5.91 Å². The summed E-state index contributed by atoms with van der Waals surface area (Å²) in [7, 11) is 0. The van der Waals surface area contributed by atoms with Crippen molar-refractivity contribution in [2.45, 2.75) is 45.1 Å². The standard InChI is InChI=1S/C13H24N2O2.ClH/c1-10(8-11-2-3-11)15-12(16)13(9-14)4-6-17-7-5-13;/h10-11H,2-9,14H2,1H3,(H,15,16);1H. The van der Waals surface area contributed by atoms with Crippen LogP contribution in [0.3, 0.4) is 0 Å². The molecule has 106 valence electrons. The van der Waals surface area contributed by atoms with Gasteiger partial charge in [0.25, 0.3) is 0 Å². The summed E-state index contributed by atoms with van der Waals surface area (Å²) in [5.74, 6) is 0.977. The Morgan fingerprint density at radius 3 is 2.56 bits per heavy atom. The summed E-state index contributed by atoms with van der Waals surface area (Å²) in [5.41, 5.74) is 5.43. The summed E-state index contributed by atoms with van der Waals surface area (Å²) < 4.78 is 5.32. The van der Waals surface area contributed by atoms with E-state index in [1.807, 2.05) is 0 Å². The lowest BCUT2D eigenvalue weighted by molar-refractivity contribution is -0.136. The fourth-order valence-corrected chi connectivity index (χ4v) is 2.58. The number of ether oxygens (including phenoxy) is 1. The molecule has 0 bridgehead atoms. The predicted octanol–water partition coefficient (Wildman–Crippen LogP) is 1.47. The van der Waals surface area contributed by atoms with Crippen molar-refractivity contribution in [3.05, 3.63) is 0 Å². The first-order valence-electron chi connectivity index (χ1n) is 6.75. The molecule has 1 saturated carbocycles. The molecular formula is C13H25ClN2O2.